The number of benzene rings is 2. The maximum atomic E-state index is 14.7. The minimum atomic E-state index is -0.393. The Morgan fingerprint density at radius 1 is 1.19 bits per heavy atom. The molecule has 1 aliphatic heterocycles. The van der Waals surface area contributed by atoms with Gasteiger partial charge in [0.2, 0.25) is 0 Å². The molecule has 1 amide bonds. The van der Waals surface area contributed by atoms with Crippen molar-refractivity contribution in [3.63, 3.8) is 0 Å². The van der Waals surface area contributed by atoms with Crippen LogP contribution in [0.25, 0.3) is 22.0 Å². The van der Waals surface area contributed by atoms with Gasteiger partial charge in [-0.05, 0) is 36.1 Å². The van der Waals surface area contributed by atoms with Crippen molar-refractivity contribution in [3.05, 3.63) is 78.0 Å². The third-order valence-electron chi connectivity index (χ3n) is 5.96. The predicted octanol–water partition coefficient (Wildman–Crippen LogP) is 4.14. The SMILES string of the molecule is Cn1cc(-c2ccc(Cn3cc(C(=O)NCC4CCCO4)c4c(F)cccc43)cc2)cn1. The van der Waals surface area contributed by atoms with Gasteiger partial charge in [0.25, 0.3) is 5.91 Å². The second kappa shape index (κ2) is 8.59. The summed E-state index contributed by atoms with van der Waals surface area (Å²) in [4.78, 5) is 12.9. The summed E-state index contributed by atoms with van der Waals surface area (Å²) in [7, 11) is 1.89. The number of nitrogens with zero attached hydrogens (tertiary/aromatic N) is 3. The van der Waals surface area contributed by atoms with Crippen LogP contribution in [0.1, 0.15) is 28.8 Å². The minimum absolute atomic E-state index is 0.0375. The van der Waals surface area contributed by atoms with Gasteiger partial charge in [0.05, 0.1) is 23.4 Å². The summed E-state index contributed by atoms with van der Waals surface area (Å²) in [5, 5.41) is 7.48. The van der Waals surface area contributed by atoms with E-state index in [1.807, 2.05) is 54.3 Å². The van der Waals surface area contributed by atoms with Gasteiger partial charge in [-0.2, -0.15) is 5.10 Å². The van der Waals surface area contributed by atoms with Crippen molar-refractivity contribution in [2.45, 2.75) is 25.5 Å². The molecule has 32 heavy (non-hydrogen) atoms. The fourth-order valence-electron chi connectivity index (χ4n) is 4.29. The molecule has 1 atom stereocenters. The number of aryl methyl sites for hydroxylation is 1. The molecule has 164 valence electrons. The van der Waals surface area contributed by atoms with Crippen LogP contribution in [-0.2, 0) is 18.3 Å². The van der Waals surface area contributed by atoms with Crippen LogP contribution in [-0.4, -0.2) is 39.5 Å². The first-order valence-electron chi connectivity index (χ1n) is 10.8. The summed E-state index contributed by atoms with van der Waals surface area (Å²) in [5.74, 6) is -0.670. The summed E-state index contributed by atoms with van der Waals surface area (Å²) >= 11 is 0. The molecular weight excluding hydrogens is 407 g/mol. The Morgan fingerprint density at radius 2 is 2.03 bits per heavy atom. The first kappa shape index (κ1) is 20.5. The molecule has 7 heteroatoms. The molecule has 4 aromatic rings. The van der Waals surface area contributed by atoms with Gasteiger partial charge in [0.1, 0.15) is 5.82 Å². The van der Waals surface area contributed by atoms with E-state index in [0.717, 1.165) is 36.1 Å². The molecule has 0 aliphatic carbocycles. The van der Waals surface area contributed by atoms with Crippen molar-refractivity contribution < 1.29 is 13.9 Å². The number of amides is 1. The number of rotatable bonds is 6. The zero-order chi connectivity index (χ0) is 22.1. The normalized spacial score (nSPS) is 16.0. The Bertz CT molecular complexity index is 1250. The predicted molar refractivity (Wildman–Crippen MR) is 121 cm³/mol. The molecule has 0 radical (unpaired) electrons. The summed E-state index contributed by atoms with van der Waals surface area (Å²) in [5.41, 5.74) is 4.24. The van der Waals surface area contributed by atoms with Gasteiger partial charge in [0, 0.05) is 50.1 Å². The van der Waals surface area contributed by atoms with Gasteiger partial charge in [-0.3, -0.25) is 9.48 Å². The second-order valence-electron chi connectivity index (χ2n) is 8.25. The smallest absolute Gasteiger partial charge is 0.253 e. The molecule has 0 saturated carbocycles. The van der Waals surface area contributed by atoms with Gasteiger partial charge in [0.15, 0.2) is 0 Å². The molecule has 2 aromatic heterocycles. The average molecular weight is 432 g/mol. The molecule has 1 fully saturated rings. The summed E-state index contributed by atoms with van der Waals surface area (Å²) in [6, 6.07) is 13.1. The monoisotopic (exact) mass is 432 g/mol. The Hall–Kier alpha value is -3.45. The zero-order valence-corrected chi connectivity index (χ0v) is 17.9. The standard InChI is InChI=1S/C25H25FN4O2/c1-29-15-19(12-28-29)18-9-7-17(8-10-18)14-30-16-21(24-22(26)5-2-6-23(24)30)25(31)27-13-20-4-3-11-32-20/h2,5-10,12,15-16,20H,3-4,11,13-14H2,1H3,(H,27,31). The van der Waals surface area contributed by atoms with Gasteiger partial charge >= 0.3 is 0 Å². The second-order valence-corrected chi connectivity index (χ2v) is 8.25. The van der Waals surface area contributed by atoms with E-state index >= 15 is 0 Å². The van der Waals surface area contributed by atoms with E-state index in [0.29, 0.717) is 29.6 Å². The van der Waals surface area contributed by atoms with Gasteiger partial charge < -0.3 is 14.6 Å². The van der Waals surface area contributed by atoms with Crippen LogP contribution in [0.4, 0.5) is 4.39 Å². The van der Waals surface area contributed by atoms with Crippen LogP contribution in [0.2, 0.25) is 0 Å². The van der Waals surface area contributed by atoms with E-state index in [2.05, 4.69) is 10.4 Å². The molecule has 1 saturated heterocycles. The fourth-order valence-corrected chi connectivity index (χ4v) is 4.29. The number of ether oxygens (including phenoxy) is 1. The Balaban J connectivity index is 1.40. The average Bonchev–Trinajstić information content (AvgIpc) is 3.54. The molecule has 0 bridgehead atoms. The number of carbonyl (C=O) groups is 1. The van der Waals surface area contributed by atoms with Crippen molar-refractivity contribution >= 4 is 16.8 Å². The lowest BCUT2D eigenvalue weighted by atomic mass is 10.1. The maximum absolute atomic E-state index is 14.7. The first-order chi connectivity index (χ1) is 15.6. The summed E-state index contributed by atoms with van der Waals surface area (Å²) in [6.45, 7) is 1.70. The molecule has 2 aromatic carbocycles. The van der Waals surface area contributed by atoms with Crippen molar-refractivity contribution in [2.75, 3.05) is 13.2 Å². The molecule has 6 nitrogen and oxygen atoms in total. The van der Waals surface area contributed by atoms with Crippen molar-refractivity contribution in [3.8, 4) is 11.1 Å². The molecule has 3 heterocycles. The molecule has 1 unspecified atom stereocenters. The van der Waals surface area contributed by atoms with Gasteiger partial charge in [-0.15, -0.1) is 0 Å². The molecule has 1 N–H and O–H groups in total. The highest BCUT2D eigenvalue weighted by Gasteiger charge is 2.21. The Kier molecular flexibility index (Phi) is 5.49. The molecule has 5 rings (SSSR count). The largest absolute Gasteiger partial charge is 0.376 e. The van der Waals surface area contributed by atoms with Crippen molar-refractivity contribution in [1.82, 2.24) is 19.7 Å². The zero-order valence-electron chi connectivity index (χ0n) is 17.9. The Labute approximate surface area is 185 Å². The fraction of sp³-hybridized carbons (Fsp3) is 0.280. The lowest BCUT2D eigenvalue weighted by Crippen LogP contribution is -2.31. The van der Waals surface area contributed by atoms with E-state index < -0.39 is 5.82 Å². The number of carbonyl (C=O) groups excluding carboxylic acids is 1. The van der Waals surface area contributed by atoms with E-state index in [1.165, 1.54) is 6.07 Å². The number of hydrogen-bond donors (Lipinski definition) is 1. The summed E-state index contributed by atoms with van der Waals surface area (Å²) < 4.78 is 24.0. The third-order valence-corrected chi connectivity index (χ3v) is 5.96. The van der Waals surface area contributed by atoms with E-state index in [1.54, 1.807) is 16.9 Å². The van der Waals surface area contributed by atoms with E-state index in [9.17, 15) is 9.18 Å². The van der Waals surface area contributed by atoms with Crippen molar-refractivity contribution in [1.29, 1.82) is 0 Å². The third kappa shape index (κ3) is 4.03. The van der Waals surface area contributed by atoms with Crippen LogP contribution < -0.4 is 5.32 Å². The Morgan fingerprint density at radius 3 is 2.75 bits per heavy atom. The number of hydrogen-bond acceptors (Lipinski definition) is 3. The highest BCUT2D eigenvalue weighted by molar-refractivity contribution is 6.07. The van der Waals surface area contributed by atoms with Gasteiger partial charge in [-0.1, -0.05) is 30.3 Å². The first-order valence-corrected chi connectivity index (χ1v) is 10.8. The number of aromatic nitrogens is 3. The highest BCUT2D eigenvalue weighted by atomic mass is 19.1. The minimum Gasteiger partial charge on any atom is -0.376 e. The molecule has 0 spiro atoms. The number of nitrogens with one attached hydrogen (secondary N) is 1. The number of fused-ring (bicyclic) bond motifs is 1. The van der Waals surface area contributed by atoms with E-state index in [4.69, 9.17) is 4.74 Å². The lowest BCUT2D eigenvalue weighted by molar-refractivity contribution is 0.0859. The van der Waals surface area contributed by atoms with E-state index in [-0.39, 0.29) is 12.0 Å². The number of halogens is 1. The van der Waals surface area contributed by atoms with Crippen LogP contribution in [0.15, 0.2) is 61.1 Å². The summed E-state index contributed by atoms with van der Waals surface area (Å²) in [6.07, 6.45) is 7.53. The maximum Gasteiger partial charge on any atom is 0.253 e. The lowest BCUT2D eigenvalue weighted by Gasteiger charge is -2.10. The molecule has 1 aliphatic rings. The van der Waals surface area contributed by atoms with Crippen LogP contribution in [0.5, 0.6) is 0 Å². The van der Waals surface area contributed by atoms with Crippen LogP contribution >= 0.6 is 0 Å². The van der Waals surface area contributed by atoms with Crippen LogP contribution in [0.3, 0.4) is 0 Å². The van der Waals surface area contributed by atoms with Gasteiger partial charge in [-0.25, -0.2) is 4.39 Å². The van der Waals surface area contributed by atoms with Crippen molar-refractivity contribution in [2.24, 2.45) is 7.05 Å². The van der Waals surface area contributed by atoms with Crippen LogP contribution in [0, 0.1) is 5.82 Å². The topological polar surface area (TPSA) is 61.1 Å². The quantitative estimate of drug-likeness (QED) is 0.498. The molecular formula is C25H25FN4O2. The highest BCUT2D eigenvalue weighted by Crippen LogP contribution is 2.26.